The zero-order valence-electron chi connectivity index (χ0n) is 19.3. The highest BCUT2D eigenvalue weighted by molar-refractivity contribution is 7.20. The van der Waals surface area contributed by atoms with Gasteiger partial charge in [-0.25, -0.2) is 14.8 Å². The molecule has 3 aromatic rings. The van der Waals surface area contributed by atoms with Gasteiger partial charge >= 0.3 is 5.97 Å². The van der Waals surface area contributed by atoms with E-state index in [9.17, 15) is 4.79 Å². The molecule has 1 saturated heterocycles. The number of carbonyl (C=O) groups is 1. The lowest BCUT2D eigenvalue weighted by molar-refractivity contribution is 0.0331. The van der Waals surface area contributed by atoms with Gasteiger partial charge in [-0.3, -0.25) is 4.90 Å². The second-order valence-electron chi connectivity index (χ2n) is 8.21. The van der Waals surface area contributed by atoms with Gasteiger partial charge in [-0.15, -0.1) is 11.3 Å². The van der Waals surface area contributed by atoms with E-state index in [2.05, 4.69) is 10.2 Å². The Morgan fingerprint density at radius 2 is 2.03 bits per heavy atom. The quantitative estimate of drug-likeness (QED) is 0.507. The number of carbonyl (C=O) groups excluding carboxylic acids is 1. The van der Waals surface area contributed by atoms with Gasteiger partial charge in [0.1, 0.15) is 34.1 Å². The van der Waals surface area contributed by atoms with Crippen molar-refractivity contribution in [3.05, 3.63) is 40.5 Å². The van der Waals surface area contributed by atoms with Gasteiger partial charge < -0.3 is 24.3 Å². The highest BCUT2D eigenvalue weighted by Crippen LogP contribution is 2.35. The molecular weight excluding hydrogens is 456 g/mol. The molecule has 1 N–H and O–H groups in total. The van der Waals surface area contributed by atoms with Crippen LogP contribution in [0.15, 0.2) is 24.3 Å². The number of hydrogen-bond acceptors (Lipinski definition) is 10. The Hall–Kier alpha value is -2.95. The molecule has 34 heavy (non-hydrogen) atoms. The molecule has 1 unspecified atom stereocenters. The first-order valence-electron chi connectivity index (χ1n) is 11.5. The molecule has 2 aliphatic heterocycles. The number of fused-ring (bicyclic) bond motifs is 2. The predicted molar refractivity (Wildman–Crippen MR) is 129 cm³/mol. The standard InChI is InChI=1S/C24H28N4O5S/c1-3-31-24(29)21-15(2)20-22(25-12-16-14-32-17-6-4-5-7-18(17)33-16)26-19(27-23(20)34-21)13-28-8-10-30-11-9-28/h4-7,16H,3,8-14H2,1-2H3,(H,25,26,27). The first-order chi connectivity index (χ1) is 16.6. The SMILES string of the molecule is CCOC(=O)c1sc2nc(CN3CCOCC3)nc(NCC3COc4ccccc4O3)c2c1C. The Morgan fingerprint density at radius 3 is 2.82 bits per heavy atom. The Labute approximate surface area is 202 Å². The maximum atomic E-state index is 12.5. The van der Waals surface area contributed by atoms with Gasteiger partial charge in [-0.1, -0.05) is 12.1 Å². The third kappa shape index (κ3) is 4.79. The van der Waals surface area contributed by atoms with Crippen LogP contribution in [0, 0.1) is 6.92 Å². The molecule has 1 atom stereocenters. The highest BCUT2D eigenvalue weighted by Gasteiger charge is 2.25. The zero-order chi connectivity index (χ0) is 23.5. The molecule has 5 rings (SSSR count). The summed E-state index contributed by atoms with van der Waals surface area (Å²) in [5.74, 6) is 2.56. The number of nitrogens with one attached hydrogen (secondary N) is 1. The molecule has 0 amide bonds. The van der Waals surface area contributed by atoms with Crippen LogP contribution in [0.2, 0.25) is 0 Å². The maximum absolute atomic E-state index is 12.5. The Morgan fingerprint density at radius 1 is 1.24 bits per heavy atom. The zero-order valence-corrected chi connectivity index (χ0v) is 20.2. The molecular formula is C24H28N4O5S. The molecule has 2 aliphatic rings. The summed E-state index contributed by atoms with van der Waals surface area (Å²) in [5.41, 5.74) is 0.824. The van der Waals surface area contributed by atoms with Crippen molar-refractivity contribution in [3.8, 4) is 11.5 Å². The summed E-state index contributed by atoms with van der Waals surface area (Å²) in [5, 5.41) is 4.29. The number of anilines is 1. The lowest BCUT2D eigenvalue weighted by Gasteiger charge is -2.27. The summed E-state index contributed by atoms with van der Waals surface area (Å²) in [6.07, 6.45) is -0.175. The molecule has 9 nitrogen and oxygen atoms in total. The first-order valence-corrected chi connectivity index (χ1v) is 12.3. The number of aryl methyl sites for hydroxylation is 1. The minimum atomic E-state index is -0.329. The van der Waals surface area contributed by atoms with Crippen LogP contribution in [0.5, 0.6) is 11.5 Å². The van der Waals surface area contributed by atoms with Gasteiger partial charge in [0.25, 0.3) is 0 Å². The van der Waals surface area contributed by atoms with Gasteiger partial charge in [0.05, 0.1) is 38.3 Å². The number of para-hydroxylation sites is 2. The van der Waals surface area contributed by atoms with Crippen molar-refractivity contribution < 1.29 is 23.7 Å². The van der Waals surface area contributed by atoms with E-state index >= 15 is 0 Å². The monoisotopic (exact) mass is 484 g/mol. The summed E-state index contributed by atoms with van der Waals surface area (Å²) in [4.78, 5) is 25.8. The molecule has 0 aliphatic carbocycles. The average Bonchev–Trinajstić information content (AvgIpc) is 3.19. The van der Waals surface area contributed by atoms with Gasteiger partial charge in [-0.2, -0.15) is 0 Å². The van der Waals surface area contributed by atoms with Crippen molar-refractivity contribution in [1.29, 1.82) is 0 Å². The minimum absolute atomic E-state index is 0.175. The fraction of sp³-hybridized carbons (Fsp3) is 0.458. The van der Waals surface area contributed by atoms with Gasteiger partial charge in [-0.05, 0) is 31.5 Å². The van der Waals surface area contributed by atoms with E-state index in [0.29, 0.717) is 56.0 Å². The van der Waals surface area contributed by atoms with Crippen molar-refractivity contribution >= 4 is 33.3 Å². The van der Waals surface area contributed by atoms with Gasteiger partial charge in [0, 0.05) is 13.1 Å². The van der Waals surface area contributed by atoms with Crippen LogP contribution >= 0.6 is 11.3 Å². The molecule has 0 radical (unpaired) electrons. The molecule has 4 heterocycles. The van der Waals surface area contributed by atoms with Crippen LogP contribution in [0.25, 0.3) is 10.2 Å². The molecule has 2 aromatic heterocycles. The number of rotatable bonds is 7. The number of esters is 1. The van der Waals surface area contributed by atoms with E-state index < -0.39 is 0 Å². The van der Waals surface area contributed by atoms with E-state index in [-0.39, 0.29) is 12.1 Å². The van der Waals surface area contributed by atoms with E-state index in [1.807, 2.05) is 31.2 Å². The second kappa shape index (κ2) is 10.1. The van der Waals surface area contributed by atoms with Gasteiger partial charge in [0.15, 0.2) is 11.5 Å². The van der Waals surface area contributed by atoms with Crippen LogP contribution in [-0.2, 0) is 16.0 Å². The number of thiophene rings is 1. The van der Waals surface area contributed by atoms with Crippen molar-refractivity contribution in [2.45, 2.75) is 26.5 Å². The third-order valence-corrected chi connectivity index (χ3v) is 7.00. The summed E-state index contributed by atoms with van der Waals surface area (Å²) >= 11 is 1.35. The number of aromatic nitrogens is 2. The van der Waals surface area contributed by atoms with E-state index in [4.69, 9.17) is 28.9 Å². The fourth-order valence-electron chi connectivity index (χ4n) is 4.11. The lowest BCUT2D eigenvalue weighted by Crippen LogP contribution is -2.36. The minimum Gasteiger partial charge on any atom is -0.486 e. The lowest BCUT2D eigenvalue weighted by atomic mass is 10.2. The van der Waals surface area contributed by atoms with Crippen LogP contribution < -0.4 is 14.8 Å². The van der Waals surface area contributed by atoms with E-state index in [0.717, 1.165) is 40.4 Å². The largest absolute Gasteiger partial charge is 0.486 e. The number of hydrogen-bond donors (Lipinski definition) is 1. The Bertz CT molecular complexity index is 1180. The smallest absolute Gasteiger partial charge is 0.348 e. The van der Waals surface area contributed by atoms with Crippen LogP contribution in [0.3, 0.4) is 0 Å². The molecule has 10 heteroatoms. The predicted octanol–water partition coefficient (Wildman–Crippen LogP) is 3.26. The maximum Gasteiger partial charge on any atom is 0.348 e. The summed E-state index contributed by atoms with van der Waals surface area (Å²) in [6, 6.07) is 7.65. The Balaban J connectivity index is 1.42. The molecule has 0 saturated carbocycles. The second-order valence-corrected chi connectivity index (χ2v) is 9.21. The number of nitrogens with zero attached hydrogens (tertiary/aromatic N) is 3. The molecule has 1 fully saturated rings. The number of ether oxygens (including phenoxy) is 4. The topological polar surface area (TPSA) is 95.0 Å². The third-order valence-electron chi connectivity index (χ3n) is 5.83. The summed E-state index contributed by atoms with van der Waals surface area (Å²) < 4.78 is 22.7. The van der Waals surface area contributed by atoms with Crippen molar-refractivity contribution in [1.82, 2.24) is 14.9 Å². The normalized spacial score (nSPS) is 18.1. The van der Waals surface area contributed by atoms with Crippen LogP contribution in [0.1, 0.15) is 28.0 Å². The van der Waals surface area contributed by atoms with Gasteiger partial charge in [0.2, 0.25) is 0 Å². The van der Waals surface area contributed by atoms with Crippen molar-refractivity contribution in [2.75, 3.05) is 51.4 Å². The molecule has 180 valence electrons. The number of benzene rings is 1. The van der Waals surface area contributed by atoms with Crippen LogP contribution in [-0.4, -0.2) is 73.0 Å². The van der Waals surface area contributed by atoms with E-state index in [1.165, 1.54) is 11.3 Å². The fourth-order valence-corrected chi connectivity index (χ4v) is 5.20. The Kier molecular flexibility index (Phi) is 6.80. The van der Waals surface area contributed by atoms with Crippen molar-refractivity contribution in [3.63, 3.8) is 0 Å². The average molecular weight is 485 g/mol. The van der Waals surface area contributed by atoms with Crippen LogP contribution in [0.4, 0.5) is 5.82 Å². The first kappa shape index (κ1) is 22.8. The molecule has 0 bridgehead atoms. The molecule has 1 aromatic carbocycles. The molecule has 0 spiro atoms. The summed E-state index contributed by atoms with van der Waals surface area (Å²) in [6.45, 7) is 8.70. The summed E-state index contributed by atoms with van der Waals surface area (Å²) in [7, 11) is 0. The van der Waals surface area contributed by atoms with E-state index in [1.54, 1.807) is 6.92 Å². The number of morpholine rings is 1. The van der Waals surface area contributed by atoms with Crippen molar-refractivity contribution in [2.24, 2.45) is 0 Å². The highest BCUT2D eigenvalue weighted by atomic mass is 32.1.